The molecular weight excluding hydrogens is 229 g/mol. The highest BCUT2D eigenvalue weighted by Crippen LogP contribution is 2.28. The van der Waals surface area contributed by atoms with Crippen LogP contribution in [0.3, 0.4) is 0 Å². The average molecular weight is 249 g/mol. The van der Waals surface area contributed by atoms with Crippen molar-refractivity contribution < 1.29 is 9.18 Å². The summed E-state index contributed by atoms with van der Waals surface area (Å²) in [6, 6.07) is 3.19. The average Bonchev–Trinajstić information content (AvgIpc) is 2.32. The first-order valence-corrected chi connectivity index (χ1v) is 6.55. The fourth-order valence-electron chi connectivity index (χ4n) is 2.54. The third-order valence-electron chi connectivity index (χ3n) is 3.80. The molecule has 0 N–H and O–H groups in total. The van der Waals surface area contributed by atoms with Crippen molar-refractivity contribution in [3.05, 3.63) is 29.1 Å². The summed E-state index contributed by atoms with van der Waals surface area (Å²) in [6.45, 7) is 7.38. The van der Waals surface area contributed by atoms with Crippen molar-refractivity contribution in [3.8, 4) is 0 Å². The van der Waals surface area contributed by atoms with Crippen LogP contribution in [-0.4, -0.2) is 18.9 Å². The normalized spacial score (nSPS) is 17.0. The Kier molecular flexibility index (Phi) is 3.69. The van der Waals surface area contributed by atoms with Gasteiger partial charge in [0.2, 0.25) is 0 Å². The van der Waals surface area contributed by atoms with Gasteiger partial charge in [0.25, 0.3) is 0 Å². The molecule has 0 saturated carbocycles. The number of aryl methyl sites for hydroxylation is 1. The van der Waals surface area contributed by atoms with E-state index in [0.717, 1.165) is 37.4 Å². The monoisotopic (exact) mass is 249 g/mol. The van der Waals surface area contributed by atoms with Gasteiger partial charge in [0.1, 0.15) is 5.82 Å². The number of piperidine rings is 1. The lowest BCUT2D eigenvalue weighted by atomic mass is 9.97. The highest BCUT2D eigenvalue weighted by molar-refractivity contribution is 5.96. The van der Waals surface area contributed by atoms with Crippen LogP contribution in [0.4, 0.5) is 10.1 Å². The van der Waals surface area contributed by atoms with Gasteiger partial charge in [-0.2, -0.15) is 0 Å². The molecule has 18 heavy (non-hydrogen) atoms. The van der Waals surface area contributed by atoms with Crippen molar-refractivity contribution in [3.63, 3.8) is 0 Å². The SMILES string of the molecule is CC(=O)c1cc(F)c(N2CCC(C)CC2)cc1C. The molecular formula is C15H20FNO. The van der Waals surface area contributed by atoms with E-state index in [4.69, 9.17) is 0 Å². The lowest BCUT2D eigenvalue weighted by Crippen LogP contribution is -2.33. The Bertz CT molecular complexity index is 462. The smallest absolute Gasteiger partial charge is 0.160 e. The Morgan fingerprint density at radius 1 is 1.33 bits per heavy atom. The highest BCUT2D eigenvalue weighted by Gasteiger charge is 2.20. The number of hydrogen-bond acceptors (Lipinski definition) is 2. The predicted molar refractivity (Wildman–Crippen MR) is 71.8 cm³/mol. The van der Waals surface area contributed by atoms with Crippen LogP contribution in [-0.2, 0) is 0 Å². The molecule has 1 fully saturated rings. The summed E-state index contributed by atoms with van der Waals surface area (Å²) in [4.78, 5) is 13.5. The van der Waals surface area contributed by atoms with E-state index in [1.165, 1.54) is 13.0 Å². The van der Waals surface area contributed by atoms with E-state index in [1.54, 1.807) is 0 Å². The van der Waals surface area contributed by atoms with Gasteiger partial charge in [-0.15, -0.1) is 0 Å². The van der Waals surface area contributed by atoms with Gasteiger partial charge in [0.15, 0.2) is 5.78 Å². The standard InChI is InChI=1S/C15H20FNO/c1-10-4-6-17(7-5-10)15-8-11(2)13(12(3)18)9-14(15)16/h8-10H,4-7H2,1-3H3. The lowest BCUT2D eigenvalue weighted by Gasteiger charge is -2.32. The molecule has 1 aromatic rings. The van der Waals surface area contributed by atoms with Crippen LogP contribution < -0.4 is 4.90 Å². The fraction of sp³-hybridized carbons (Fsp3) is 0.533. The minimum absolute atomic E-state index is 0.0785. The van der Waals surface area contributed by atoms with Crippen molar-refractivity contribution in [1.29, 1.82) is 0 Å². The summed E-state index contributed by atoms with van der Waals surface area (Å²) in [6.07, 6.45) is 2.21. The van der Waals surface area contributed by atoms with Crippen molar-refractivity contribution in [2.45, 2.75) is 33.6 Å². The number of halogens is 1. The van der Waals surface area contributed by atoms with E-state index >= 15 is 0 Å². The summed E-state index contributed by atoms with van der Waals surface area (Å²) in [5.41, 5.74) is 1.99. The van der Waals surface area contributed by atoms with Gasteiger partial charge in [-0.3, -0.25) is 4.79 Å². The molecule has 0 amide bonds. The van der Waals surface area contributed by atoms with Gasteiger partial charge in [0.05, 0.1) is 5.69 Å². The molecule has 0 spiro atoms. The Balaban J connectivity index is 2.29. The van der Waals surface area contributed by atoms with Gasteiger partial charge < -0.3 is 4.90 Å². The molecule has 1 aromatic carbocycles. The molecule has 2 rings (SSSR count). The number of benzene rings is 1. The summed E-state index contributed by atoms with van der Waals surface area (Å²) >= 11 is 0. The van der Waals surface area contributed by atoms with Gasteiger partial charge in [-0.1, -0.05) is 6.92 Å². The molecule has 3 heteroatoms. The largest absolute Gasteiger partial charge is 0.369 e. The molecule has 1 heterocycles. The van der Waals surface area contributed by atoms with Gasteiger partial charge in [-0.25, -0.2) is 4.39 Å². The number of carbonyl (C=O) groups excluding carboxylic acids is 1. The zero-order valence-corrected chi connectivity index (χ0v) is 11.3. The van der Waals surface area contributed by atoms with Crippen LogP contribution in [0.5, 0.6) is 0 Å². The quantitative estimate of drug-likeness (QED) is 0.747. The third kappa shape index (κ3) is 2.55. The Morgan fingerprint density at radius 3 is 2.50 bits per heavy atom. The zero-order chi connectivity index (χ0) is 13.3. The van der Waals surface area contributed by atoms with Gasteiger partial charge in [0, 0.05) is 18.7 Å². The summed E-state index contributed by atoms with van der Waals surface area (Å²) in [5.74, 6) is 0.368. The Morgan fingerprint density at radius 2 is 1.94 bits per heavy atom. The summed E-state index contributed by atoms with van der Waals surface area (Å²) < 4.78 is 14.1. The molecule has 0 bridgehead atoms. The van der Waals surface area contributed by atoms with E-state index < -0.39 is 0 Å². The molecule has 0 aromatic heterocycles. The Labute approximate surface area is 108 Å². The highest BCUT2D eigenvalue weighted by atomic mass is 19.1. The number of hydrogen-bond donors (Lipinski definition) is 0. The summed E-state index contributed by atoms with van der Waals surface area (Å²) in [7, 11) is 0. The topological polar surface area (TPSA) is 20.3 Å². The number of Topliss-reactive ketones (excluding diaryl/α,β-unsaturated/α-hetero) is 1. The van der Waals surface area contributed by atoms with E-state index in [0.29, 0.717) is 11.3 Å². The molecule has 0 radical (unpaired) electrons. The zero-order valence-electron chi connectivity index (χ0n) is 11.3. The van der Waals surface area contributed by atoms with Gasteiger partial charge >= 0.3 is 0 Å². The first kappa shape index (κ1) is 13.1. The van der Waals surface area contributed by atoms with Crippen LogP contribution in [0.25, 0.3) is 0 Å². The number of ketones is 1. The second kappa shape index (κ2) is 5.09. The fourth-order valence-corrected chi connectivity index (χ4v) is 2.54. The number of carbonyl (C=O) groups is 1. The summed E-state index contributed by atoms with van der Waals surface area (Å²) in [5, 5.41) is 0. The minimum atomic E-state index is -0.277. The lowest BCUT2D eigenvalue weighted by molar-refractivity contribution is 0.101. The molecule has 2 nitrogen and oxygen atoms in total. The molecule has 1 aliphatic rings. The molecule has 98 valence electrons. The maximum atomic E-state index is 14.1. The van der Waals surface area contributed by atoms with E-state index in [9.17, 15) is 9.18 Å². The second-order valence-electron chi connectivity index (χ2n) is 5.34. The van der Waals surface area contributed by atoms with Crippen LogP contribution >= 0.6 is 0 Å². The number of rotatable bonds is 2. The van der Waals surface area contributed by atoms with Crippen molar-refractivity contribution in [1.82, 2.24) is 0 Å². The van der Waals surface area contributed by atoms with Crippen molar-refractivity contribution in [2.24, 2.45) is 5.92 Å². The van der Waals surface area contributed by atoms with E-state index in [2.05, 4.69) is 11.8 Å². The van der Waals surface area contributed by atoms with E-state index in [-0.39, 0.29) is 11.6 Å². The first-order chi connectivity index (χ1) is 8.49. The van der Waals surface area contributed by atoms with Gasteiger partial charge in [-0.05, 0) is 50.3 Å². The van der Waals surface area contributed by atoms with Crippen molar-refractivity contribution in [2.75, 3.05) is 18.0 Å². The molecule has 1 saturated heterocycles. The first-order valence-electron chi connectivity index (χ1n) is 6.55. The third-order valence-corrected chi connectivity index (χ3v) is 3.80. The maximum Gasteiger partial charge on any atom is 0.160 e. The van der Waals surface area contributed by atoms with Crippen LogP contribution in [0.1, 0.15) is 42.6 Å². The molecule has 0 unspecified atom stereocenters. The Hall–Kier alpha value is -1.38. The predicted octanol–water partition coefficient (Wildman–Crippen LogP) is 3.57. The van der Waals surface area contributed by atoms with Crippen LogP contribution in [0.2, 0.25) is 0 Å². The molecule has 0 aliphatic carbocycles. The van der Waals surface area contributed by atoms with Crippen LogP contribution in [0.15, 0.2) is 12.1 Å². The number of nitrogens with zero attached hydrogens (tertiary/aromatic N) is 1. The molecule has 0 atom stereocenters. The van der Waals surface area contributed by atoms with E-state index in [1.807, 2.05) is 13.0 Å². The number of anilines is 1. The minimum Gasteiger partial charge on any atom is -0.369 e. The second-order valence-corrected chi connectivity index (χ2v) is 5.34. The van der Waals surface area contributed by atoms with Crippen LogP contribution in [0, 0.1) is 18.7 Å². The maximum absolute atomic E-state index is 14.1. The van der Waals surface area contributed by atoms with Crippen molar-refractivity contribution >= 4 is 11.5 Å². The molecule has 1 aliphatic heterocycles.